The first kappa shape index (κ1) is 12.1. The Kier molecular flexibility index (Phi) is 3.75. The number of thiol groups is 1. The van der Waals surface area contributed by atoms with Crippen LogP contribution < -0.4 is 4.74 Å². The van der Waals surface area contributed by atoms with E-state index in [2.05, 4.69) is 36.9 Å². The zero-order chi connectivity index (χ0) is 12.3. The van der Waals surface area contributed by atoms with Gasteiger partial charge in [-0.05, 0) is 49.2 Å². The molecule has 0 unspecified atom stereocenters. The maximum atomic E-state index is 5.68. The quantitative estimate of drug-likeness (QED) is 0.786. The van der Waals surface area contributed by atoms with Crippen LogP contribution in [0.25, 0.3) is 11.1 Å². The number of hydrogen-bond donors (Lipinski definition) is 1. The Bertz CT molecular complexity index is 489. The van der Waals surface area contributed by atoms with Crippen molar-refractivity contribution in [3.8, 4) is 16.9 Å². The van der Waals surface area contributed by atoms with Crippen molar-refractivity contribution in [2.45, 2.75) is 24.8 Å². The van der Waals surface area contributed by atoms with Crippen molar-refractivity contribution in [2.24, 2.45) is 0 Å². The number of rotatable bonds is 3. The predicted molar refractivity (Wildman–Crippen MR) is 74.9 cm³/mol. The molecule has 0 bridgehead atoms. The van der Waals surface area contributed by atoms with Crippen LogP contribution in [0.4, 0.5) is 0 Å². The van der Waals surface area contributed by atoms with Crippen LogP contribution in [0.15, 0.2) is 53.4 Å². The highest BCUT2D eigenvalue weighted by molar-refractivity contribution is 7.80. The summed E-state index contributed by atoms with van der Waals surface area (Å²) in [6.07, 6.45) is 0.199. The van der Waals surface area contributed by atoms with E-state index < -0.39 is 0 Å². The Labute approximate surface area is 108 Å². The van der Waals surface area contributed by atoms with Crippen LogP contribution in [0.2, 0.25) is 0 Å². The normalized spacial score (nSPS) is 10.6. The Morgan fingerprint density at radius 2 is 1.65 bits per heavy atom. The Hall–Kier alpha value is -1.41. The highest BCUT2D eigenvalue weighted by Gasteiger charge is 2.01. The van der Waals surface area contributed by atoms with Gasteiger partial charge in [-0.25, -0.2) is 0 Å². The molecule has 0 fully saturated rings. The lowest BCUT2D eigenvalue weighted by Crippen LogP contribution is -2.05. The first-order valence-corrected chi connectivity index (χ1v) is 6.16. The smallest absolute Gasteiger partial charge is 0.120 e. The van der Waals surface area contributed by atoms with Gasteiger partial charge in [0.2, 0.25) is 0 Å². The van der Waals surface area contributed by atoms with E-state index in [0.29, 0.717) is 0 Å². The predicted octanol–water partition coefficient (Wildman–Crippen LogP) is 4.43. The summed E-state index contributed by atoms with van der Waals surface area (Å²) in [5.41, 5.74) is 2.34. The van der Waals surface area contributed by atoms with Gasteiger partial charge >= 0.3 is 0 Å². The van der Waals surface area contributed by atoms with Crippen LogP contribution in [0.1, 0.15) is 13.8 Å². The second-order valence-electron chi connectivity index (χ2n) is 4.24. The zero-order valence-corrected chi connectivity index (χ0v) is 10.9. The van der Waals surface area contributed by atoms with Crippen molar-refractivity contribution in [3.63, 3.8) is 0 Å². The van der Waals surface area contributed by atoms with Gasteiger partial charge in [0.1, 0.15) is 5.75 Å². The van der Waals surface area contributed by atoms with Crippen LogP contribution in [-0.4, -0.2) is 6.10 Å². The number of benzene rings is 2. The minimum atomic E-state index is 0.199. The molecular weight excluding hydrogens is 228 g/mol. The molecule has 2 heteroatoms. The highest BCUT2D eigenvalue weighted by Crippen LogP contribution is 2.25. The Morgan fingerprint density at radius 3 is 2.29 bits per heavy atom. The number of ether oxygens (including phenoxy) is 1. The van der Waals surface area contributed by atoms with Crippen LogP contribution in [0, 0.1) is 0 Å². The molecule has 0 heterocycles. The average Bonchev–Trinajstić information content (AvgIpc) is 2.29. The summed E-state index contributed by atoms with van der Waals surface area (Å²) in [4.78, 5) is 0.975. The van der Waals surface area contributed by atoms with Gasteiger partial charge < -0.3 is 4.74 Å². The Morgan fingerprint density at radius 1 is 0.941 bits per heavy atom. The minimum absolute atomic E-state index is 0.199. The molecule has 88 valence electrons. The van der Waals surface area contributed by atoms with E-state index in [1.54, 1.807) is 0 Å². The van der Waals surface area contributed by atoms with Gasteiger partial charge in [-0.1, -0.05) is 24.3 Å². The molecule has 0 saturated heterocycles. The third-order valence-electron chi connectivity index (χ3n) is 2.41. The SMILES string of the molecule is CC(C)Oc1cccc(-c2ccc(S)cc2)c1. The van der Waals surface area contributed by atoms with Crippen LogP contribution in [0.3, 0.4) is 0 Å². The molecule has 0 N–H and O–H groups in total. The van der Waals surface area contributed by atoms with Gasteiger partial charge in [0, 0.05) is 4.90 Å². The summed E-state index contributed by atoms with van der Waals surface area (Å²) in [6, 6.07) is 16.3. The molecule has 0 saturated carbocycles. The summed E-state index contributed by atoms with van der Waals surface area (Å²) in [7, 11) is 0. The largest absolute Gasteiger partial charge is 0.491 e. The van der Waals surface area contributed by atoms with Crippen molar-refractivity contribution in [3.05, 3.63) is 48.5 Å². The molecule has 0 aliphatic carbocycles. The second-order valence-corrected chi connectivity index (χ2v) is 4.76. The summed E-state index contributed by atoms with van der Waals surface area (Å²) in [5.74, 6) is 0.910. The lowest BCUT2D eigenvalue weighted by Gasteiger charge is -2.11. The summed E-state index contributed by atoms with van der Waals surface area (Å²) < 4.78 is 5.68. The van der Waals surface area contributed by atoms with Crippen molar-refractivity contribution in [2.75, 3.05) is 0 Å². The van der Waals surface area contributed by atoms with E-state index in [4.69, 9.17) is 4.74 Å². The van der Waals surface area contributed by atoms with Crippen molar-refractivity contribution < 1.29 is 4.74 Å². The molecule has 0 aliphatic heterocycles. The highest BCUT2D eigenvalue weighted by atomic mass is 32.1. The molecule has 1 nitrogen and oxygen atoms in total. The lowest BCUT2D eigenvalue weighted by atomic mass is 10.1. The third-order valence-corrected chi connectivity index (χ3v) is 2.70. The Balaban J connectivity index is 2.29. The molecule has 0 amide bonds. The molecule has 0 atom stereocenters. The fraction of sp³-hybridized carbons (Fsp3) is 0.200. The van der Waals surface area contributed by atoms with Gasteiger partial charge in [0.05, 0.1) is 6.10 Å². The van der Waals surface area contributed by atoms with Crippen molar-refractivity contribution in [1.82, 2.24) is 0 Å². The fourth-order valence-corrected chi connectivity index (χ4v) is 1.82. The van der Waals surface area contributed by atoms with E-state index in [0.717, 1.165) is 16.2 Å². The van der Waals surface area contributed by atoms with Gasteiger partial charge in [0.25, 0.3) is 0 Å². The number of hydrogen-bond acceptors (Lipinski definition) is 2. The van der Waals surface area contributed by atoms with Crippen LogP contribution in [0.5, 0.6) is 5.75 Å². The summed E-state index contributed by atoms with van der Waals surface area (Å²) in [5, 5.41) is 0. The molecule has 0 radical (unpaired) electrons. The molecule has 0 spiro atoms. The van der Waals surface area contributed by atoms with Crippen molar-refractivity contribution >= 4 is 12.6 Å². The minimum Gasteiger partial charge on any atom is -0.491 e. The van der Waals surface area contributed by atoms with Crippen LogP contribution in [-0.2, 0) is 0 Å². The first-order chi connectivity index (χ1) is 8.15. The molecule has 0 aliphatic rings. The van der Waals surface area contributed by atoms with Gasteiger partial charge in [-0.3, -0.25) is 0 Å². The van der Waals surface area contributed by atoms with Crippen LogP contribution >= 0.6 is 12.6 Å². The van der Waals surface area contributed by atoms with Gasteiger partial charge in [-0.2, -0.15) is 0 Å². The van der Waals surface area contributed by atoms with E-state index in [-0.39, 0.29) is 6.10 Å². The lowest BCUT2D eigenvalue weighted by molar-refractivity contribution is 0.242. The van der Waals surface area contributed by atoms with Gasteiger partial charge in [-0.15, -0.1) is 12.6 Å². The second kappa shape index (κ2) is 5.28. The molecule has 0 aromatic heterocycles. The van der Waals surface area contributed by atoms with E-state index in [9.17, 15) is 0 Å². The van der Waals surface area contributed by atoms with E-state index in [1.807, 2.05) is 38.1 Å². The first-order valence-electron chi connectivity index (χ1n) is 5.71. The third kappa shape index (κ3) is 3.27. The summed E-state index contributed by atoms with van der Waals surface area (Å²) >= 11 is 4.28. The van der Waals surface area contributed by atoms with Gasteiger partial charge in [0.15, 0.2) is 0 Å². The van der Waals surface area contributed by atoms with Crippen molar-refractivity contribution in [1.29, 1.82) is 0 Å². The standard InChI is InChI=1S/C15H16OS/c1-11(2)16-14-5-3-4-13(10-14)12-6-8-15(17)9-7-12/h3-11,17H,1-2H3. The maximum Gasteiger partial charge on any atom is 0.120 e. The fourth-order valence-electron chi connectivity index (χ4n) is 1.68. The molecule has 2 aromatic rings. The monoisotopic (exact) mass is 244 g/mol. The summed E-state index contributed by atoms with van der Waals surface area (Å²) in [6.45, 7) is 4.06. The molecular formula is C15H16OS. The molecule has 17 heavy (non-hydrogen) atoms. The molecule has 2 aromatic carbocycles. The molecule has 2 rings (SSSR count). The maximum absolute atomic E-state index is 5.68. The average molecular weight is 244 g/mol. The van der Waals surface area contributed by atoms with E-state index >= 15 is 0 Å². The topological polar surface area (TPSA) is 9.23 Å². The van der Waals surface area contributed by atoms with E-state index in [1.165, 1.54) is 5.56 Å². The zero-order valence-electron chi connectivity index (χ0n) is 10.1.